The van der Waals surface area contributed by atoms with Crippen molar-refractivity contribution in [3.05, 3.63) is 42.5 Å². The highest BCUT2D eigenvalue weighted by molar-refractivity contribution is 5.76. The van der Waals surface area contributed by atoms with Crippen LogP contribution in [0.1, 0.15) is 50.6 Å². The number of rotatable bonds is 6. The summed E-state index contributed by atoms with van der Waals surface area (Å²) in [6.07, 6.45) is 10.1. The molecule has 1 amide bonds. The molecule has 2 aliphatic heterocycles. The van der Waals surface area contributed by atoms with Crippen LogP contribution in [0.4, 0.5) is 11.6 Å². The maximum atomic E-state index is 13.0. The minimum absolute atomic E-state index is 0.285. The molecular weight excluding hydrogens is 376 g/mol. The van der Waals surface area contributed by atoms with Crippen molar-refractivity contribution in [3.63, 3.8) is 0 Å². The number of carbonyl (C=O) groups is 1. The Kier molecular flexibility index (Phi) is 6.89. The predicted molar refractivity (Wildman–Crippen MR) is 118 cm³/mol. The van der Waals surface area contributed by atoms with Gasteiger partial charge in [-0.2, -0.15) is 0 Å². The van der Waals surface area contributed by atoms with Gasteiger partial charge in [0, 0.05) is 43.5 Å². The van der Waals surface area contributed by atoms with E-state index in [4.69, 9.17) is 4.98 Å². The van der Waals surface area contributed by atoms with Gasteiger partial charge in [0.15, 0.2) is 0 Å². The first-order valence-electron chi connectivity index (χ1n) is 11.2. The van der Waals surface area contributed by atoms with Crippen molar-refractivity contribution in [3.8, 4) is 0 Å². The molecule has 160 valence electrons. The van der Waals surface area contributed by atoms with Crippen LogP contribution in [0.3, 0.4) is 0 Å². The van der Waals surface area contributed by atoms with E-state index in [9.17, 15) is 4.79 Å². The summed E-state index contributed by atoms with van der Waals surface area (Å²) >= 11 is 0. The van der Waals surface area contributed by atoms with Gasteiger partial charge in [0.25, 0.3) is 0 Å². The Labute approximate surface area is 178 Å². The van der Waals surface area contributed by atoms with Crippen LogP contribution in [-0.4, -0.2) is 63.4 Å². The van der Waals surface area contributed by atoms with Gasteiger partial charge in [0.05, 0.1) is 6.20 Å². The van der Waals surface area contributed by atoms with Gasteiger partial charge in [-0.15, -0.1) is 0 Å². The topological polar surface area (TPSA) is 74.2 Å². The van der Waals surface area contributed by atoms with Gasteiger partial charge >= 0.3 is 0 Å². The minimum atomic E-state index is 0.285. The molecule has 0 radical (unpaired) electrons. The molecule has 2 aromatic heterocycles. The number of carbonyl (C=O) groups excluding carboxylic acids is 1. The Balaban J connectivity index is 1.34. The zero-order valence-electron chi connectivity index (χ0n) is 17.8. The average molecular weight is 409 g/mol. The third kappa shape index (κ3) is 5.33. The molecular formula is C23H32N6O. The van der Waals surface area contributed by atoms with E-state index in [0.29, 0.717) is 24.1 Å². The molecule has 2 aliphatic rings. The zero-order chi connectivity index (χ0) is 20.8. The van der Waals surface area contributed by atoms with Crippen LogP contribution in [0, 0.1) is 5.92 Å². The van der Waals surface area contributed by atoms with Crippen molar-refractivity contribution in [1.82, 2.24) is 24.8 Å². The summed E-state index contributed by atoms with van der Waals surface area (Å²) in [5, 5.41) is 3.21. The van der Waals surface area contributed by atoms with Gasteiger partial charge in [0.2, 0.25) is 5.91 Å². The Morgan fingerprint density at radius 1 is 1.13 bits per heavy atom. The normalized spacial score (nSPS) is 20.8. The fraction of sp³-hybridized carbons (Fsp3) is 0.565. The molecule has 2 fully saturated rings. The number of anilines is 2. The molecule has 30 heavy (non-hydrogen) atoms. The first-order valence-corrected chi connectivity index (χ1v) is 11.2. The Hall–Kier alpha value is -2.54. The van der Waals surface area contributed by atoms with Crippen molar-refractivity contribution in [1.29, 1.82) is 0 Å². The minimum Gasteiger partial charge on any atom is -0.342 e. The number of hydrogen-bond donors (Lipinski definition) is 1. The molecule has 0 bridgehead atoms. The molecule has 7 heteroatoms. The van der Waals surface area contributed by atoms with E-state index in [1.165, 1.54) is 0 Å². The summed E-state index contributed by atoms with van der Waals surface area (Å²) in [5.74, 6) is 2.59. The number of nitrogens with zero attached hydrogens (tertiary/aromatic N) is 5. The number of pyridine rings is 1. The van der Waals surface area contributed by atoms with Crippen molar-refractivity contribution in [2.45, 2.75) is 44.9 Å². The summed E-state index contributed by atoms with van der Waals surface area (Å²) in [6, 6.07) is 6.02. The van der Waals surface area contributed by atoms with Crippen LogP contribution in [0.2, 0.25) is 0 Å². The van der Waals surface area contributed by atoms with Gasteiger partial charge in [-0.3, -0.25) is 9.78 Å². The molecule has 0 saturated carbocycles. The van der Waals surface area contributed by atoms with Gasteiger partial charge in [-0.25, -0.2) is 9.97 Å². The maximum Gasteiger partial charge on any atom is 0.222 e. The summed E-state index contributed by atoms with van der Waals surface area (Å²) in [4.78, 5) is 30.6. The quantitative estimate of drug-likeness (QED) is 0.789. The lowest BCUT2D eigenvalue weighted by Gasteiger charge is -2.35. The van der Waals surface area contributed by atoms with E-state index < -0.39 is 0 Å². The molecule has 2 aromatic rings. The van der Waals surface area contributed by atoms with E-state index in [1.54, 1.807) is 18.6 Å². The highest BCUT2D eigenvalue weighted by Crippen LogP contribution is 2.29. The van der Waals surface area contributed by atoms with Crippen LogP contribution in [0.5, 0.6) is 0 Å². The van der Waals surface area contributed by atoms with Crippen LogP contribution in [-0.2, 0) is 4.79 Å². The fourth-order valence-corrected chi connectivity index (χ4v) is 4.57. The lowest BCUT2D eigenvalue weighted by molar-refractivity contribution is -0.133. The fourth-order valence-electron chi connectivity index (χ4n) is 4.57. The van der Waals surface area contributed by atoms with E-state index in [-0.39, 0.29) is 5.92 Å². The van der Waals surface area contributed by atoms with Crippen molar-refractivity contribution in [2.75, 3.05) is 38.0 Å². The monoisotopic (exact) mass is 408 g/mol. The second kappa shape index (κ2) is 9.98. The molecule has 2 saturated heterocycles. The van der Waals surface area contributed by atoms with Gasteiger partial charge in [-0.1, -0.05) is 13.0 Å². The smallest absolute Gasteiger partial charge is 0.222 e. The lowest BCUT2D eigenvalue weighted by atomic mass is 9.91. The SMILES string of the molecule is CCN1CCC(CC(=O)N2CCC[C@H](c3cccc(Nc4cnccn4)n3)C2)CC1. The van der Waals surface area contributed by atoms with Crippen molar-refractivity contribution < 1.29 is 4.79 Å². The van der Waals surface area contributed by atoms with Gasteiger partial charge < -0.3 is 15.1 Å². The molecule has 0 aromatic carbocycles. The number of likely N-dealkylation sites (tertiary alicyclic amines) is 2. The lowest BCUT2D eigenvalue weighted by Crippen LogP contribution is -2.41. The second-order valence-electron chi connectivity index (χ2n) is 8.42. The second-order valence-corrected chi connectivity index (χ2v) is 8.42. The average Bonchev–Trinajstić information content (AvgIpc) is 2.80. The molecule has 4 rings (SSSR count). The molecule has 0 spiro atoms. The summed E-state index contributed by atoms with van der Waals surface area (Å²) in [7, 11) is 0. The number of nitrogens with one attached hydrogen (secondary N) is 1. The zero-order valence-corrected chi connectivity index (χ0v) is 17.8. The van der Waals surface area contributed by atoms with E-state index in [2.05, 4.69) is 38.1 Å². The van der Waals surface area contributed by atoms with Gasteiger partial charge in [0.1, 0.15) is 11.6 Å². The third-order valence-corrected chi connectivity index (χ3v) is 6.40. The molecule has 4 heterocycles. The van der Waals surface area contributed by atoms with Crippen molar-refractivity contribution >= 4 is 17.5 Å². The summed E-state index contributed by atoms with van der Waals surface area (Å²) < 4.78 is 0. The number of aromatic nitrogens is 3. The van der Waals surface area contributed by atoms with E-state index in [1.807, 2.05) is 12.1 Å². The van der Waals surface area contributed by atoms with Gasteiger partial charge in [-0.05, 0) is 63.4 Å². The molecule has 1 atom stereocenters. The summed E-state index contributed by atoms with van der Waals surface area (Å²) in [5.41, 5.74) is 1.04. The Bertz CT molecular complexity index is 821. The first-order chi connectivity index (χ1) is 14.7. The molecule has 0 unspecified atom stereocenters. The van der Waals surface area contributed by atoms with Crippen LogP contribution < -0.4 is 5.32 Å². The maximum absolute atomic E-state index is 13.0. The Morgan fingerprint density at radius 2 is 2.00 bits per heavy atom. The largest absolute Gasteiger partial charge is 0.342 e. The third-order valence-electron chi connectivity index (χ3n) is 6.40. The first kappa shape index (κ1) is 20.7. The van der Waals surface area contributed by atoms with Crippen LogP contribution >= 0.6 is 0 Å². The van der Waals surface area contributed by atoms with Crippen molar-refractivity contribution in [2.24, 2.45) is 5.92 Å². The number of piperidine rings is 2. The van der Waals surface area contributed by atoms with Crippen LogP contribution in [0.25, 0.3) is 0 Å². The Morgan fingerprint density at radius 3 is 2.77 bits per heavy atom. The highest BCUT2D eigenvalue weighted by Gasteiger charge is 2.28. The predicted octanol–water partition coefficient (Wildman–Crippen LogP) is 3.44. The highest BCUT2D eigenvalue weighted by atomic mass is 16.2. The van der Waals surface area contributed by atoms with E-state index in [0.717, 1.165) is 69.9 Å². The van der Waals surface area contributed by atoms with Crippen LogP contribution in [0.15, 0.2) is 36.8 Å². The molecule has 0 aliphatic carbocycles. The number of amides is 1. The molecule has 7 nitrogen and oxygen atoms in total. The standard InChI is InChI=1S/C23H32N6O/c1-2-28-13-8-18(9-14-28)15-23(30)29-12-4-5-19(17-29)20-6-3-7-21(26-20)27-22-16-24-10-11-25-22/h3,6-7,10-11,16,18-19H,2,4-5,8-9,12-15,17H2,1H3,(H,25,26,27)/t19-/m0/s1. The summed E-state index contributed by atoms with van der Waals surface area (Å²) in [6.45, 7) is 7.24. The molecule has 1 N–H and O–H groups in total. The number of hydrogen-bond acceptors (Lipinski definition) is 6. The van der Waals surface area contributed by atoms with E-state index >= 15 is 0 Å².